The first-order chi connectivity index (χ1) is 15.4. The van der Waals surface area contributed by atoms with Crippen LogP contribution in [0, 0.1) is 5.82 Å². The van der Waals surface area contributed by atoms with Crippen LogP contribution in [0.5, 0.6) is 0 Å². The third-order valence-corrected chi connectivity index (χ3v) is 7.72. The minimum absolute atomic E-state index is 0.145. The van der Waals surface area contributed by atoms with E-state index in [1.165, 1.54) is 18.2 Å². The number of pyridine rings is 1. The van der Waals surface area contributed by atoms with Crippen molar-refractivity contribution in [2.75, 3.05) is 31.1 Å². The van der Waals surface area contributed by atoms with E-state index in [1.54, 1.807) is 11.9 Å². The zero-order valence-corrected chi connectivity index (χ0v) is 20.0. The molecule has 9 heteroatoms. The lowest BCUT2D eigenvalue weighted by Crippen LogP contribution is -2.55. The SMILES string of the molecule is CCN(CC)Sc1cc(CN)nc(N2C3CCC2CN(C(=O)c2ccc(F)cc2Cl)C3)c1. The summed E-state index contributed by atoms with van der Waals surface area (Å²) < 4.78 is 15.7. The Hall–Kier alpha value is -1.87. The topological polar surface area (TPSA) is 65.7 Å². The van der Waals surface area contributed by atoms with Gasteiger partial charge in [0.1, 0.15) is 11.6 Å². The number of hydrogen-bond acceptors (Lipinski definition) is 6. The summed E-state index contributed by atoms with van der Waals surface area (Å²) in [5.74, 6) is 0.343. The summed E-state index contributed by atoms with van der Waals surface area (Å²) in [4.78, 5) is 23.3. The maximum absolute atomic E-state index is 13.4. The van der Waals surface area contributed by atoms with Crippen molar-refractivity contribution in [3.63, 3.8) is 0 Å². The number of hydrogen-bond donors (Lipinski definition) is 1. The molecule has 172 valence electrons. The number of fused-ring (bicyclic) bond motifs is 2. The molecule has 1 amide bonds. The summed E-state index contributed by atoms with van der Waals surface area (Å²) >= 11 is 7.87. The van der Waals surface area contributed by atoms with Gasteiger partial charge in [0.15, 0.2) is 0 Å². The molecule has 0 saturated carbocycles. The van der Waals surface area contributed by atoms with Crippen LogP contribution < -0.4 is 10.6 Å². The average Bonchev–Trinajstić information content (AvgIpc) is 3.06. The number of piperazine rings is 1. The Bertz CT molecular complexity index is 975. The van der Waals surface area contributed by atoms with Gasteiger partial charge in [-0.1, -0.05) is 25.4 Å². The van der Waals surface area contributed by atoms with Crippen molar-refractivity contribution in [3.05, 3.63) is 52.4 Å². The van der Waals surface area contributed by atoms with Gasteiger partial charge in [0.05, 0.1) is 16.3 Å². The number of nitrogens with zero attached hydrogens (tertiary/aromatic N) is 4. The highest BCUT2D eigenvalue weighted by atomic mass is 35.5. The number of benzene rings is 1. The molecule has 1 aromatic heterocycles. The molecule has 2 saturated heterocycles. The normalized spacial score (nSPS) is 20.3. The number of halogens is 2. The van der Waals surface area contributed by atoms with E-state index in [0.717, 1.165) is 42.3 Å². The number of amides is 1. The molecule has 2 aliphatic rings. The van der Waals surface area contributed by atoms with Crippen LogP contribution in [-0.4, -0.2) is 58.4 Å². The molecule has 6 nitrogen and oxygen atoms in total. The number of rotatable bonds is 7. The summed E-state index contributed by atoms with van der Waals surface area (Å²) in [5.41, 5.74) is 7.17. The van der Waals surface area contributed by atoms with Gasteiger partial charge in [-0.05, 0) is 55.1 Å². The number of aromatic nitrogens is 1. The third kappa shape index (κ3) is 4.73. The Morgan fingerprint density at radius 2 is 1.91 bits per heavy atom. The standard InChI is InChI=1S/C23H29ClFN5OS/c1-3-29(4-2)32-19-10-16(12-26)27-22(11-19)30-17-6-7-18(30)14-28(13-17)23(31)20-8-5-15(25)9-21(20)24/h5,8-11,17-18H,3-4,6-7,12-14,26H2,1-2H3. The van der Waals surface area contributed by atoms with Crippen molar-refractivity contribution in [2.24, 2.45) is 5.73 Å². The van der Waals surface area contributed by atoms with Gasteiger partial charge in [0.2, 0.25) is 0 Å². The molecule has 2 unspecified atom stereocenters. The largest absolute Gasteiger partial charge is 0.347 e. The van der Waals surface area contributed by atoms with Crippen molar-refractivity contribution in [1.82, 2.24) is 14.2 Å². The van der Waals surface area contributed by atoms with Gasteiger partial charge < -0.3 is 15.5 Å². The van der Waals surface area contributed by atoms with Crippen LogP contribution in [0.2, 0.25) is 5.02 Å². The fraction of sp³-hybridized carbons (Fsp3) is 0.478. The van der Waals surface area contributed by atoms with Gasteiger partial charge in [-0.2, -0.15) is 0 Å². The quantitative estimate of drug-likeness (QED) is 0.603. The van der Waals surface area contributed by atoms with Crippen LogP contribution in [0.15, 0.2) is 35.2 Å². The van der Waals surface area contributed by atoms with Crippen LogP contribution >= 0.6 is 23.5 Å². The molecule has 3 heterocycles. The van der Waals surface area contributed by atoms with Crippen molar-refractivity contribution in [1.29, 1.82) is 0 Å². The number of nitrogens with two attached hydrogens (primary N) is 1. The summed E-state index contributed by atoms with van der Waals surface area (Å²) in [5, 5.41) is 0.153. The highest BCUT2D eigenvalue weighted by molar-refractivity contribution is 7.97. The van der Waals surface area contributed by atoms with E-state index >= 15 is 0 Å². The van der Waals surface area contributed by atoms with Gasteiger partial charge in [-0.25, -0.2) is 13.7 Å². The lowest BCUT2D eigenvalue weighted by atomic mass is 10.1. The molecule has 0 spiro atoms. The fourth-order valence-corrected chi connectivity index (χ4v) is 5.76. The molecule has 2 bridgehead atoms. The van der Waals surface area contributed by atoms with E-state index in [2.05, 4.69) is 35.2 Å². The van der Waals surface area contributed by atoms with Crippen LogP contribution in [-0.2, 0) is 6.54 Å². The average molecular weight is 478 g/mol. The number of carbonyl (C=O) groups is 1. The third-order valence-electron chi connectivity index (χ3n) is 6.18. The van der Waals surface area contributed by atoms with Gasteiger partial charge >= 0.3 is 0 Å². The summed E-state index contributed by atoms with van der Waals surface area (Å²) in [6.07, 6.45) is 2.00. The van der Waals surface area contributed by atoms with Crippen molar-refractivity contribution in [2.45, 2.75) is 50.2 Å². The number of carbonyl (C=O) groups excluding carboxylic acids is 1. The highest BCUT2D eigenvalue weighted by Crippen LogP contribution is 2.37. The first-order valence-electron chi connectivity index (χ1n) is 11.1. The van der Waals surface area contributed by atoms with E-state index in [4.69, 9.17) is 22.3 Å². The zero-order chi connectivity index (χ0) is 22.8. The van der Waals surface area contributed by atoms with Gasteiger partial charge in [-0.15, -0.1) is 0 Å². The minimum atomic E-state index is -0.444. The molecular weight excluding hydrogens is 449 g/mol. The molecule has 2 aliphatic heterocycles. The molecule has 4 rings (SSSR count). The molecule has 1 aromatic carbocycles. The van der Waals surface area contributed by atoms with Crippen LogP contribution in [0.3, 0.4) is 0 Å². The molecule has 0 aliphatic carbocycles. The second kappa shape index (κ2) is 9.95. The predicted octanol–water partition coefficient (Wildman–Crippen LogP) is 4.18. The van der Waals surface area contributed by atoms with Crippen molar-refractivity contribution < 1.29 is 9.18 Å². The maximum Gasteiger partial charge on any atom is 0.255 e. The molecule has 32 heavy (non-hydrogen) atoms. The van der Waals surface area contributed by atoms with Crippen molar-refractivity contribution in [3.8, 4) is 0 Å². The van der Waals surface area contributed by atoms with Crippen LogP contribution in [0.25, 0.3) is 0 Å². The molecular formula is C23H29ClFN5OS. The lowest BCUT2D eigenvalue weighted by Gasteiger charge is -2.42. The van der Waals surface area contributed by atoms with E-state index in [9.17, 15) is 9.18 Å². The van der Waals surface area contributed by atoms with Crippen molar-refractivity contribution >= 4 is 35.3 Å². The molecule has 2 aromatic rings. The Morgan fingerprint density at radius 1 is 1.22 bits per heavy atom. The van der Waals surface area contributed by atoms with E-state index in [0.29, 0.717) is 25.2 Å². The number of anilines is 1. The first-order valence-corrected chi connectivity index (χ1v) is 12.2. The lowest BCUT2D eigenvalue weighted by molar-refractivity contribution is 0.0717. The summed E-state index contributed by atoms with van der Waals surface area (Å²) in [7, 11) is 0. The van der Waals surface area contributed by atoms with Crippen LogP contribution in [0.1, 0.15) is 42.7 Å². The molecule has 2 atom stereocenters. The zero-order valence-electron chi connectivity index (χ0n) is 18.4. The fourth-order valence-electron chi connectivity index (χ4n) is 4.61. The summed E-state index contributed by atoms with van der Waals surface area (Å²) in [6.45, 7) is 7.77. The minimum Gasteiger partial charge on any atom is -0.347 e. The second-order valence-electron chi connectivity index (χ2n) is 8.19. The van der Waals surface area contributed by atoms with E-state index in [1.807, 2.05) is 4.90 Å². The highest BCUT2D eigenvalue weighted by Gasteiger charge is 2.42. The summed E-state index contributed by atoms with van der Waals surface area (Å²) in [6, 6.07) is 8.51. The van der Waals surface area contributed by atoms with E-state index < -0.39 is 5.82 Å². The second-order valence-corrected chi connectivity index (χ2v) is 9.77. The Kier molecular flexibility index (Phi) is 7.24. The first kappa shape index (κ1) is 23.3. The van der Waals surface area contributed by atoms with Gasteiger partial charge in [0, 0.05) is 49.7 Å². The molecule has 2 fully saturated rings. The smallest absolute Gasteiger partial charge is 0.255 e. The Labute approximate surface area is 198 Å². The molecule has 2 N–H and O–H groups in total. The maximum atomic E-state index is 13.4. The van der Waals surface area contributed by atoms with Gasteiger partial charge in [0.25, 0.3) is 5.91 Å². The molecule has 0 radical (unpaired) electrons. The van der Waals surface area contributed by atoms with E-state index in [-0.39, 0.29) is 23.0 Å². The Balaban J connectivity index is 1.55. The monoisotopic (exact) mass is 477 g/mol. The predicted molar refractivity (Wildman–Crippen MR) is 128 cm³/mol. The Morgan fingerprint density at radius 3 is 2.50 bits per heavy atom. The van der Waals surface area contributed by atoms with Gasteiger partial charge in [-0.3, -0.25) is 4.79 Å². The number of likely N-dealkylation sites (tertiary alicyclic amines) is 1. The van der Waals surface area contributed by atoms with Crippen LogP contribution in [0.4, 0.5) is 10.2 Å².